The first-order chi connectivity index (χ1) is 15.0. The second-order valence-corrected chi connectivity index (χ2v) is 7.81. The Kier molecular flexibility index (Phi) is 6.39. The Morgan fingerprint density at radius 1 is 1.03 bits per heavy atom. The average molecular weight is 426 g/mol. The van der Waals surface area contributed by atoms with Gasteiger partial charge < -0.3 is 19.7 Å². The minimum Gasteiger partial charge on any atom is -0.478 e. The number of aliphatic hydroxyl groups is 1. The molecule has 2 aromatic rings. The zero-order valence-corrected chi connectivity index (χ0v) is 17.2. The third kappa shape index (κ3) is 5.15. The van der Waals surface area contributed by atoms with Gasteiger partial charge in [0.15, 0.2) is 11.5 Å². The minimum absolute atomic E-state index is 0.0763. The van der Waals surface area contributed by atoms with Gasteiger partial charge in [0.05, 0.1) is 11.7 Å². The van der Waals surface area contributed by atoms with E-state index in [-0.39, 0.29) is 18.3 Å². The van der Waals surface area contributed by atoms with Crippen LogP contribution >= 0.6 is 0 Å². The van der Waals surface area contributed by atoms with Crippen LogP contribution in [0.4, 0.5) is 0 Å². The minimum atomic E-state index is -0.952. The fourth-order valence-corrected chi connectivity index (χ4v) is 3.92. The highest BCUT2D eigenvalue weighted by atomic mass is 16.7. The van der Waals surface area contributed by atoms with Gasteiger partial charge in [-0.3, -0.25) is 9.80 Å². The molecule has 1 fully saturated rings. The Morgan fingerprint density at radius 2 is 1.77 bits per heavy atom. The van der Waals surface area contributed by atoms with Crippen LogP contribution in [0.3, 0.4) is 0 Å². The number of aromatic carboxylic acids is 1. The number of carboxylic acid groups (broad SMARTS) is 1. The van der Waals surface area contributed by atoms with Crippen molar-refractivity contribution in [3.63, 3.8) is 0 Å². The lowest BCUT2D eigenvalue weighted by atomic mass is 10.1. The van der Waals surface area contributed by atoms with Crippen LogP contribution in [0, 0.1) is 0 Å². The van der Waals surface area contributed by atoms with Crippen molar-refractivity contribution in [2.24, 2.45) is 0 Å². The number of benzene rings is 2. The fraction of sp³-hybridized carbons (Fsp3) is 0.391. The molecule has 8 heteroatoms. The number of aliphatic hydroxyl groups excluding tert-OH is 1. The second kappa shape index (κ2) is 9.36. The number of amides is 1. The molecule has 0 aliphatic carbocycles. The molecule has 2 N–H and O–H groups in total. The fourth-order valence-electron chi connectivity index (χ4n) is 3.92. The SMILES string of the molecule is O=C(O)c1ccc(CCN2C(=O)CCN2CCC(O)Cc2ccc3c(c2)OCO3)cc1. The zero-order valence-electron chi connectivity index (χ0n) is 17.2. The molecule has 0 saturated carbocycles. The molecule has 1 amide bonds. The zero-order chi connectivity index (χ0) is 21.8. The Bertz CT molecular complexity index is 946. The highest BCUT2D eigenvalue weighted by molar-refractivity contribution is 5.87. The highest BCUT2D eigenvalue weighted by Gasteiger charge is 2.28. The predicted octanol–water partition coefficient (Wildman–Crippen LogP) is 2.10. The molecule has 2 aromatic carbocycles. The van der Waals surface area contributed by atoms with E-state index in [1.165, 1.54) is 0 Å². The van der Waals surface area contributed by atoms with Crippen molar-refractivity contribution in [2.45, 2.75) is 31.8 Å². The Hall–Kier alpha value is -3.10. The summed E-state index contributed by atoms with van der Waals surface area (Å²) in [6, 6.07) is 12.4. The van der Waals surface area contributed by atoms with E-state index in [0.29, 0.717) is 51.1 Å². The smallest absolute Gasteiger partial charge is 0.335 e. The number of carboxylic acids is 1. The molecule has 4 rings (SSSR count). The Labute approximate surface area is 180 Å². The first-order valence-corrected chi connectivity index (χ1v) is 10.4. The molecule has 31 heavy (non-hydrogen) atoms. The average Bonchev–Trinajstić information content (AvgIpc) is 3.37. The van der Waals surface area contributed by atoms with Crippen LogP contribution in [0.2, 0.25) is 0 Å². The number of hydrazine groups is 1. The van der Waals surface area contributed by atoms with E-state index < -0.39 is 12.1 Å². The van der Waals surface area contributed by atoms with Gasteiger partial charge in [0.2, 0.25) is 12.7 Å². The standard InChI is InChI=1S/C23H26N2O6/c26-19(13-17-3-6-20-21(14-17)31-15-30-20)8-10-24-11-9-22(27)25(24)12-7-16-1-4-18(5-2-16)23(28)29/h1-6,14,19,26H,7-13,15H2,(H,28,29). The van der Waals surface area contributed by atoms with Crippen LogP contribution in [0.1, 0.15) is 34.3 Å². The summed E-state index contributed by atoms with van der Waals surface area (Å²) in [5.41, 5.74) is 2.21. The van der Waals surface area contributed by atoms with Gasteiger partial charge in [0, 0.05) is 26.1 Å². The topological polar surface area (TPSA) is 99.5 Å². The van der Waals surface area contributed by atoms with Crippen molar-refractivity contribution >= 4 is 11.9 Å². The summed E-state index contributed by atoms with van der Waals surface area (Å²) < 4.78 is 10.7. The molecule has 0 aromatic heterocycles. The largest absolute Gasteiger partial charge is 0.478 e. The molecule has 0 radical (unpaired) electrons. The van der Waals surface area contributed by atoms with Crippen LogP contribution in [-0.4, -0.2) is 64.6 Å². The third-order valence-electron chi connectivity index (χ3n) is 5.66. The van der Waals surface area contributed by atoms with Gasteiger partial charge in [0.25, 0.3) is 0 Å². The molecule has 1 unspecified atom stereocenters. The summed E-state index contributed by atoms with van der Waals surface area (Å²) in [7, 11) is 0. The summed E-state index contributed by atoms with van der Waals surface area (Å²) in [4.78, 5) is 23.3. The maximum Gasteiger partial charge on any atom is 0.335 e. The van der Waals surface area contributed by atoms with E-state index in [1.54, 1.807) is 29.3 Å². The number of carbonyl (C=O) groups excluding carboxylic acids is 1. The van der Waals surface area contributed by atoms with Gasteiger partial charge in [-0.2, -0.15) is 0 Å². The van der Waals surface area contributed by atoms with Crippen LogP contribution < -0.4 is 9.47 Å². The van der Waals surface area contributed by atoms with Crippen LogP contribution in [0.25, 0.3) is 0 Å². The van der Waals surface area contributed by atoms with Crippen molar-refractivity contribution in [2.75, 3.05) is 26.4 Å². The first kappa shape index (κ1) is 21.1. The number of ether oxygens (including phenoxy) is 2. The molecule has 164 valence electrons. The third-order valence-corrected chi connectivity index (χ3v) is 5.66. The molecule has 0 bridgehead atoms. The van der Waals surface area contributed by atoms with E-state index in [1.807, 2.05) is 23.2 Å². The Balaban J connectivity index is 1.27. The van der Waals surface area contributed by atoms with E-state index in [9.17, 15) is 14.7 Å². The van der Waals surface area contributed by atoms with Gasteiger partial charge >= 0.3 is 5.97 Å². The lowest BCUT2D eigenvalue weighted by molar-refractivity contribution is -0.138. The van der Waals surface area contributed by atoms with Crippen molar-refractivity contribution < 1.29 is 29.3 Å². The first-order valence-electron chi connectivity index (χ1n) is 10.4. The summed E-state index contributed by atoms with van der Waals surface area (Å²) >= 11 is 0. The number of hydrogen-bond donors (Lipinski definition) is 2. The summed E-state index contributed by atoms with van der Waals surface area (Å²) in [6.07, 6.45) is 1.64. The lowest BCUT2D eigenvalue weighted by Crippen LogP contribution is -2.41. The molecular formula is C23H26N2O6. The van der Waals surface area contributed by atoms with E-state index in [2.05, 4.69) is 0 Å². The number of carbonyl (C=O) groups is 2. The molecule has 8 nitrogen and oxygen atoms in total. The van der Waals surface area contributed by atoms with Crippen LogP contribution in [0.5, 0.6) is 11.5 Å². The molecule has 1 atom stereocenters. The number of hydrogen-bond acceptors (Lipinski definition) is 6. The highest BCUT2D eigenvalue weighted by Crippen LogP contribution is 2.32. The quantitative estimate of drug-likeness (QED) is 0.633. The van der Waals surface area contributed by atoms with Crippen molar-refractivity contribution in [1.29, 1.82) is 0 Å². The number of nitrogens with zero attached hydrogens (tertiary/aromatic N) is 2. The van der Waals surface area contributed by atoms with Gasteiger partial charge in [-0.25, -0.2) is 9.80 Å². The summed E-state index contributed by atoms with van der Waals surface area (Å²) in [5.74, 6) is 0.554. The van der Waals surface area contributed by atoms with Gasteiger partial charge in [0.1, 0.15) is 0 Å². The number of rotatable bonds is 9. The van der Waals surface area contributed by atoms with Crippen molar-refractivity contribution in [3.05, 3.63) is 59.2 Å². The Morgan fingerprint density at radius 3 is 2.55 bits per heavy atom. The molecule has 2 aliphatic heterocycles. The van der Waals surface area contributed by atoms with Crippen LogP contribution in [0.15, 0.2) is 42.5 Å². The molecular weight excluding hydrogens is 400 g/mol. The monoisotopic (exact) mass is 426 g/mol. The lowest BCUT2D eigenvalue weighted by Gasteiger charge is -2.28. The van der Waals surface area contributed by atoms with Crippen LogP contribution in [-0.2, 0) is 17.6 Å². The van der Waals surface area contributed by atoms with Gasteiger partial charge in [-0.1, -0.05) is 18.2 Å². The van der Waals surface area contributed by atoms with E-state index in [4.69, 9.17) is 14.6 Å². The molecule has 2 heterocycles. The van der Waals surface area contributed by atoms with E-state index in [0.717, 1.165) is 16.9 Å². The molecule has 1 saturated heterocycles. The van der Waals surface area contributed by atoms with Crippen molar-refractivity contribution in [3.8, 4) is 11.5 Å². The van der Waals surface area contributed by atoms with Gasteiger partial charge in [-0.05, 0) is 54.7 Å². The van der Waals surface area contributed by atoms with Gasteiger partial charge in [-0.15, -0.1) is 0 Å². The summed E-state index contributed by atoms with van der Waals surface area (Å²) in [5, 5.41) is 23.2. The predicted molar refractivity (Wildman–Crippen MR) is 112 cm³/mol. The number of fused-ring (bicyclic) bond motifs is 1. The molecule has 2 aliphatic rings. The van der Waals surface area contributed by atoms with E-state index >= 15 is 0 Å². The maximum absolute atomic E-state index is 12.3. The van der Waals surface area contributed by atoms with Crippen molar-refractivity contribution in [1.82, 2.24) is 10.0 Å². The second-order valence-electron chi connectivity index (χ2n) is 7.81. The molecule has 0 spiro atoms. The summed E-state index contributed by atoms with van der Waals surface area (Å²) in [6.45, 7) is 2.00. The normalized spacial score (nSPS) is 16.7. The maximum atomic E-state index is 12.3.